The summed E-state index contributed by atoms with van der Waals surface area (Å²) in [6.07, 6.45) is 1.23. The zero-order chi connectivity index (χ0) is 14.5. The molecule has 0 aromatic carbocycles. The van der Waals surface area contributed by atoms with Gasteiger partial charge in [0, 0.05) is 5.54 Å². The van der Waals surface area contributed by atoms with Gasteiger partial charge in [-0.3, -0.25) is 4.98 Å². The molecule has 3 N–H and O–H groups in total. The lowest BCUT2D eigenvalue weighted by molar-refractivity contribution is -0.0500. The van der Waals surface area contributed by atoms with Crippen LogP contribution in [0, 0.1) is 0 Å². The van der Waals surface area contributed by atoms with E-state index in [9.17, 15) is 8.78 Å². The van der Waals surface area contributed by atoms with Gasteiger partial charge < -0.3 is 15.8 Å². The first-order chi connectivity index (χ1) is 8.76. The molecule has 0 spiro atoms. The van der Waals surface area contributed by atoms with Gasteiger partial charge in [-0.25, -0.2) is 4.99 Å². The molecule has 0 fully saturated rings. The molecule has 0 unspecified atom stereocenters. The van der Waals surface area contributed by atoms with Crippen LogP contribution in [0.3, 0.4) is 0 Å². The Bertz CT molecular complexity index is 432. The number of ether oxygens (including phenoxy) is 1. The van der Waals surface area contributed by atoms with Crippen LogP contribution in [-0.2, 0) is 6.54 Å². The third-order valence-electron chi connectivity index (χ3n) is 1.94. The molecule has 0 saturated heterocycles. The number of nitrogens with zero attached hydrogens (tertiary/aromatic N) is 2. The van der Waals surface area contributed by atoms with E-state index in [0.717, 1.165) is 0 Å². The van der Waals surface area contributed by atoms with E-state index in [2.05, 4.69) is 20.0 Å². The van der Waals surface area contributed by atoms with Crippen LogP contribution < -0.4 is 15.8 Å². The van der Waals surface area contributed by atoms with Crippen LogP contribution in [0.25, 0.3) is 0 Å². The summed E-state index contributed by atoms with van der Waals surface area (Å²) < 4.78 is 28.1. The normalized spacial score (nSPS) is 12.0. The highest BCUT2D eigenvalue weighted by Crippen LogP contribution is 2.12. The largest absolute Gasteiger partial charge is 0.433 e. The molecule has 0 bridgehead atoms. The third kappa shape index (κ3) is 8.08. The maximum Gasteiger partial charge on any atom is 0.387 e. The Morgan fingerprint density at radius 3 is 2.55 bits per heavy atom. The molecule has 1 rings (SSSR count). The van der Waals surface area contributed by atoms with Gasteiger partial charge in [0.15, 0.2) is 5.96 Å². The topological polar surface area (TPSA) is 72.5 Å². The minimum Gasteiger partial charge on any atom is -0.433 e. The smallest absolute Gasteiger partial charge is 0.387 e. The van der Waals surface area contributed by atoms with Gasteiger partial charge in [0.1, 0.15) is 5.75 Å². The molecule has 0 atom stereocenters. The minimum absolute atomic E-state index is 0. The number of aromatic nitrogens is 1. The number of rotatable bonds is 4. The van der Waals surface area contributed by atoms with E-state index >= 15 is 0 Å². The molecule has 0 aliphatic carbocycles. The second-order valence-electron chi connectivity index (χ2n) is 4.94. The summed E-state index contributed by atoms with van der Waals surface area (Å²) in [5.74, 6) is 0.325. The fourth-order valence-electron chi connectivity index (χ4n) is 1.27. The lowest BCUT2D eigenvalue weighted by Gasteiger charge is -2.20. The minimum atomic E-state index is -2.85. The van der Waals surface area contributed by atoms with Gasteiger partial charge in [-0.1, -0.05) is 0 Å². The molecule has 1 aromatic rings. The first-order valence-electron chi connectivity index (χ1n) is 5.74. The summed E-state index contributed by atoms with van der Waals surface area (Å²) in [5.41, 5.74) is 6.13. The van der Waals surface area contributed by atoms with Crippen molar-refractivity contribution < 1.29 is 13.5 Å². The third-order valence-corrected chi connectivity index (χ3v) is 1.94. The van der Waals surface area contributed by atoms with Crippen LogP contribution in [0.1, 0.15) is 26.5 Å². The highest BCUT2D eigenvalue weighted by molar-refractivity contribution is 14.0. The summed E-state index contributed by atoms with van der Waals surface area (Å²) in [4.78, 5) is 8.05. The summed E-state index contributed by atoms with van der Waals surface area (Å²) in [5, 5.41) is 3.00. The number of aliphatic imine (C=N–C) groups is 1. The van der Waals surface area contributed by atoms with Crippen LogP contribution in [0.15, 0.2) is 23.3 Å². The Balaban J connectivity index is 0.00000361. The van der Waals surface area contributed by atoms with Gasteiger partial charge in [0.05, 0.1) is 18.4 Å². The van der Waals surface area contributed by atoms with E-state index in [1.165, 1.54) is 12.3 Å². The molecule has 0 aliphatic heterocycles. The number of hydrogen-bond donors (Lipinski definition) is 2. The average molecular weight is 400 g/mol. The van der Waals surface area contributed by atoms with Gasteiger partial charge in [-0.15, -0.1) is 24.0 Å². The SMILES string of the molecule is CC(C)(C)NC(N)=NCc1ccc(OC(F)F)cn1.I. The molecule has 0 radical (unpaired) electrons. The Hall–Kier alpha value is -1.19. The quantitative estimate of drug-likeness (QED) is 0.463. The van der Waals surface area contributed by atoms with Crippen molar-refractivity contribution >= 4 is 29.9 Å². The lowest BCUT2D eigenvalue weighted by atomic mass is 10.1. The van der Waals surface area contributed by atoms with E-state index < -0.39 is 6.61 Å². The highest BCUT2D eigenvalue weighted by Gasteiger charge is 2.09. The average Bonchev–Trinajstić information content (AvgIpc) is 2.25. The van der Waals surface area contributed by atoms with Crippen LogP contribution in [0.5, 0.6) is 5.75 Å². The maximum atomic E-state index is 11.9. The van der Waals surface area contributed by atoms with Gasteiger partial charge in [0.2, 0.25) is 0 Å². The number of guanidine groups is 1. The van der Waals surface area contributed by atoms with Crippen molar-refractivity contribution in [2.45, 2.75) is 39.5 Å². The first kappa shape index (κ1) is 18.8. The molecular formula is C12H19F2IN4O. The summed E-state index contributed by atoms with van der Waals surface area (Å²) >= 11 is 0. The molecule has 20 heavy (non-hydrogen) atoms. The second-order valence-corrected chi connectivity index (χ2v) is 4.94. The first-order valence-corrected chi connectivity index (χ1v) is 5.74. The number of nitrogens with two attached hydrogens (primary N) is 1. The van der Waals surface area contributed by atoms with E-state index in [0.29, 0.717) is 11.7 Å². The van der Waals surface area contributed by atoms with Crippen molar-refractivity contribution in [2.75, 3.05) is 0 Å². The summed E-state index contributed by atoms with van der Waals surface area (Å²) in [7, 11) is 0. The standard InChI is InChI=1S/C12H18F2N4O.HI/c1-12(2,3)18-11(15)17-6-8-4-5-9(7-16-8)19-10(13)14;/h4-5,7,10H,6H2,1-3H3,(H3,15,17,18);1H. The molecule has 0 saturated carbocycles. The van der Waals surface area contributed by atoms with Crippen molar-refractivity contribution in [1.82, 2.24) is 10.3 Å². The predicted octanol–water partition coefficient (Wildman–Crippen LogP) is 2.50. The number of nitrogens with one attached hydrogen (secondary N) is 1. The Morgan fingerprint density at radius 2 is 2.10 bits per heavy atom. The number of alkyl halides is 2. The van der Waals surface area contributed by atoms with E-state index in [4.69, 9.17) is 5.73 Å². The van der Waals surface area contributed by atoms with Crippen molar-refractivity contribution in [3.8, 4) is 5.75 Å². The molecule has 5 nitrogen and oxygen atoms in total. The number of hydrogen-bond acceptors (Lipinski definition) is 3. The van der Waals surface area contributed by atoms with Crippen molar-refractivity contribution in [1.29, 1.82) is 0 Å². The zero-order valence-electron chi connectivity index (χ0n) is 11.6. The summed E-state index contributed by atoms with van der Waals surface area (Å²) in [6.45, 7) is 3.31. The molecule has 0 aliphatic rings. The lowest BCUT2D eigenvalue weighted by Crippen LogP contribution is -2.44. The number of pyridine rings is 1. The molecule has 0 amide bonds. The maximum absolute atomic E-state index is 11.9. The highest BCUT2D eigenvalue weighted by atomic mass is 127. The van der Waals surface area contributed by atoms with Crippen LogP contribution in [-0.4, -0.2) is 23.1 Å². The molecule has 114 valence electrons. The predicted molar refractivity (Wildman–Crippen MR) is 84.5 cm³/mol. The fourth-order valence-corrected chi connectivity index (χ4v) is 1.27. The van der Waals surface area contributed by atoms with Crippen molar-refractivity contribution in [3.63, 3.8) is 0 Å². The van der Waals surface area contributed by atoms with E-state index in [-0.39, 0.29) is 41.8 Å². The molecule has 1 heterocycles. The zero-order valence-corrected chi connectivity index (χ0v) is 13.9. The molecule has 1 aromatic heterocycles. The Labute approximate surface area is 134 Å². The van der Waals surface area contributed by atoms with Gasteiger partial charge in [-0.05, 0) is 32.9 Å². The number of halogens is 3. The van der Waals surface area contributed by atoms with E-state index in [1.54, 1.807) is 6.07 Å². The van der Waals surface area contributed by atoms with E-state index in [1.807, 2.05) is 20.8 Å². The Kier molecular flexibility index (Phi) is 7.69. The monoisotopic (exact) mass is 400 g/mol. The van der Waals surface area contributed by atoms with Crippen LogP contribution in [0.2, 0.25) is 0 Å². The summed E-state index contributed by atoms with van der Waals surface area (Å²) in [6, 6.07) is 2.98. The van der Waals surface area contributed by atoms with Gasteiger partial charge in [0.25, 0.3) is 0 Å². The molecular weight excluding hydrogens is 381 g/mol. The Morgan fingerprint density at radius 1 is 1.45 bits per heavy atom. The molecule has 8 heteroatoms. The van der Waals surface area contributed by atoms with Crippen LogP contribution in [0.4, 0.5) is 8.78 Å². The van der Waals surface area contributed by atoms with Crippen LogP contribution >= 0.6 is 24.0 Å². The van der Waals surface area contributed by atoms with Gasteiger partial charge >= 0.3 is 6.61 Å². The van der Waals surface area contributed by atoms with Crippen molar-refractivity contribution in [3.05, 3.63) is 24.0 Å². The fraction of sp³-hybridized carbons (Fsp3) is 0.500. The van der Waals surface area contributed by atoms with Gasteiger partial charge in [-0.2, -0.15) is 8.78 Å². The van der Waals surface area contributed by atoms with Crippen molar-refractivity contribution in [2.24, 2.45) is 10.7 Å². The second kappa shape index (κ2) is 8.18.